The first-order valence-corrected chi connectivity index (χ1v) is 9.31. The molecule has 2 N–H and O–H groups in total. The predicted octanol–water partition coefficient (Wildman–Crippen LogP) is 5.41. The molecule has 144 valence electrons. The number of rotatable bonds is 3. The summed E-state index contributed by atoms with van der Waals surface area (Å²) in [4.78, 5) is 16.6. The lowest BCUT2D eigenvalue weighted by Gasteiger charge is -2.10. The molecule has 0 bridgehead atoms. The van der Waals surface area contributed by atoms with Gasteiger partial charge in [0.1, 0.15) is 11.3 Å². The van der Waals surface area contributed by atoms with Crippen LogP contribution in [-0.4, -0.2) is 16.0 Å². The van der Waals surface area contributed by atoms with Crippen molar-refractivity contribution in [2.45, 2.75) is 0 Å². The quantitative estimate of drug-likeness (QED) is 0.429. The number of nitrogens with one attached hydrogen (secondary N) is 2. The Balaban J connectivity index is 1.48. The van der Waals surface area contributed by atoms with Crippen LogP contribution in [-0.2, 0) is 0 Å². The molecular weight excluding hydrogens is 413 g/mol. The maximum atomic E-state index is 13.0. The van der Waals surface area contributed by atoms with Crippen LogP contribution in [0.4, 0.5) is 10.1 Å². The highest BCUT2D eigenvalue weighted by Crippen LogP contribution is 2.27. The van der Waals surface area contributed by atoms with E-state index in [9.17, 15) is 9.18 Å². The summed E-state index contributed by atoms with van der Waals surface area (Å²) < 4.78 is 18.7. The molecule has 0 radical (unpaired) electrons. The summed E-state index contributed by atoms with van der Waals surface area (Å²) in [5.74, 6) is -0.415. The van der Waals surface area contributed by atoms with E-state index in [0.29, 0.717) is 33.3 Å². The van der Waals surface area contributed by atoms with E-state index in [1.54, 1.807) is 30.3 Å². The van der Waals surface area contributed by atoms with E-state index < -0.39 is 11.7 Å². The van der Waals surface area contributed by atoms with E-state index in [2.05, 4.69) is 15.6 Å². The largest absolute Gasteiger partial charge is 0.436 e. The zero-order chi connectivity index (χ0) is 20.4. The number of aromatic nitrogens is 1. The van der Waals surface area contributed by atoms with Gasteiger partial charge in [-0.05, 0) is 72.9 Å². The van der Waals surface area contributed by atoms with Gasteiger partial charge in [-0.3, -0.25) is 10.1 Å². The van der Waals surface area contributed by atoms with Crippen LogP contribution < -0.4 is 10.6 Å². The SMILES string of the molecule is O=C(NC(=S)Nc1cccc(-c2nc3cc(Cl)ccc3o2)c1)c1ccc(F)cc1. The molecule has 0 atom stereocenters. The Hall–Kier alpha value is -3.29. The van der Waals surface area contributed by atoms with Crippen LogP contribution in [0.2, 0.25) is 5.02 Å². The van der Waals surface area contributed by atoms with E-state index in [1.165, 1.54) is 24.3 Å². The van der Waals surface area contributed by atoms with Crippen LogP contribution in [0.1, 0.15) is 10.4 Å². The highest BCUT2D eigenvalue weighted by atomic mass is 35.5. The van der Waals surface area contributed by atoms with Gasteiger partial charge in [-0.15, -0.1) is 0 Å². The van der Waals surface area contributed by atoms with E-state index >= 15 is 0 Å². The Morgan fingerprint density at radius 3 is 2.66 bits per heavy atom. The Bertz CT molecular complexity index is 1220. The summed E-state index contributed by atoms with van der Waals surface area (Å²) in [6.07, 6.45) is 0. The highest BCUT2D eigenvalue weighted by Gasteiger charge is 2.11. The first kappa shape index (κ1) is 19.0. The number of hydrogen-bond donors (Lipinski definition) is 2. The third kappa shape index (κ3) is 4.42. The van der Waals surface area contributed by atoms with Crippen molar-refractivity contribution in [2.75, 3.05) is 5.32 Å². The Morgan fingerprint density at radius 2 is 1.86 bits per heavy atom. The van der Waals surface area contributed by atoms with Gasteiger partial charge in [-0.2, -0.15) is 0 Å². The lowest BCUT2D eigenvalue weighted by Crippen LogP contribution is -2.34. The Morgan fingerprint density at radius 1 is 1.07 bits per heavy atom. The minimum Gasteiger partial charge on any atom is -0.436 e. The molecule has 1 amide bonds. The molecule has 3 aromatic carbocycles. The number of benzene rings is 3. The van der Waals surface area contributed by atoms with Crippen molar-refractivity contribution in [3.63, 3.8) is 0 Å². The van der Waals surface area contributed by atoms with Crippen molar-refractivity contribution in [3.05, 3.63) is 83.1 Å². The van der Waals surface area contributed by atoms with Crippen molar-refractivity contribution in [2.24, 2.45) is 0 Å². The van der Waals surface area contributed by atoms with Gasteiger partial charge < -0.3 is 9.73 Å². The molecule has 0 saturated heterocycles. The standard InChI is InChI=1S/C21H13ClFN3O2S/c22-14-6-9-18-17(11-14)25-20(28-18)13-2-1-3-16(10-13)24-21(29)26-19(27)12-4-7-15(23)8-5-12/h1-11H,(H2,24,26,27,29). The maximum absolute atomic E-state index is 13.0. The monoisotopic (exact) mass is 425 g/mol. The zero-order valence-electron chi connectivity index (χ0n) is 14.8. The van der Waals surface area contributed by atoms with E-state index in [1.807, 2.05) is 12.1 Å². The van der Waals surface area contributed by atoms with Gasteiger partial charge in [0.2, 0.25) is 5.89 Å². The third-order valence-electron chi connectivity index (χ3n) is 4.05. The summed E-state index contributed by atoms with van der Waals surface area (Å²) in [6.45, 7) is 0. The molecule has 0 aliphatic heterocycles. The van der Waals surface area contributed by atoms with Crippen LogP contribution >= 0.6 is 23.8 Å². The fraction of sp³-hybridized carbons (Fsp3) is 0. The minimum absolute atomic E-state index is 0.112. The van der Waals surface area contributed by atoms with Gasteiger partial charge in [-0.1, -0.05) is 17.7 Å². The molecule has 0 aliphatic carbocycles. The van der Waals surface area contributed by atoms with Crippen molar-refractivity contribution in [1.82, 2.24) is 10.3 Å². The van der Waals surface area contributed by atoms with Gasteiger partial charge in [-0.25, -0.2) is 9.37 Å². The summed E-state index contributed by atoms with van der Waals surface area (Å²) >= 11 is 11.2. The van der Waals surface area contributed by atoms with Crippen LogP contribution in [0.5, 0.6) is 0 Å². The molecule has 5 nitrogen and oxygen atoms in total. The van der Waals surface area contributed by atoms with Crippen LogP contribution in [0.3, 0.4) is 0 Å². The number of amides is 1. The van der Waals surface area contributed by atoms with Crippen molar-refractivity contribution >= 4 is 51.6 Å². The average Bonchev–Trinajstić information content (AvgIpc) is 3.12. The Labute approximate surface area is 175 Å². The second kappa shape index (κ2) is 7.98. The molecule has 0 unspecified atom stereocenters. The molecule has 8 heteroatoms. The van der Waals surface area contributed by atoms with Crippen LogP contribution in [0.25, 0.3) is 22.6 Å². The van der Waals surface area contributed by atoms with Crippen molar-refractivity contribution < 1.29 is 13.6 Å². The molecule has 0 saturated carbocycles. The summed E-state index contributed by atoms with van der Waals surface area (Å²) in [5.41, 5.74) is 2.97. The molecule has 29 heavy (non-hydrogen) atoms. The van der Waals surface area contributed by atoms with Crippen LogP contribution in [0.15, 0.2) is 71.1 Å². The molecule has 4 rings (SSSR count). The first-order chi connectivity index (χ1) is 14.0. The van der Waals surface area contributed by atoms with E-state index in [0.717, 1.165) is 5.56 Å². The number of nitrogens with zero attached hydrogens (tertiary/aromatic N) is 1. The molecule has 0 aliphatic rings. The number of oxazole rings is 1. The molecule has 1 heterocycles. The van der Waals surface area contributed by atoms with Crippen LogP contribution in [0, 0.1) is 5.82 Å². The number of anilines is 1. The molecule has 0 spiro atoms. The smallest absolute Gasteiger partial charge is 0.257 e. The summed E-state index contributed by atoms with van der Waals surface area (Å²) in [6, 6.07) is 17.6. The third-order valence-corrected chi connectivity index (χ3v) is 4.49. The number of carbonyl (C=O) groups is 1. The fourth-order valence-corrected chi connectivity index (χ4v) is 3.07. The number of thiocarbonyl (C=S) groups is 1. The minimum atomic E-state index is -0.436. The number of fused-ring (bicyclic) bond motifs is 1. The predicted molar refractivity (Wildman–Crippen MR) is 115 cm³/mol. The van der Waals surface area contributed by atoms with E-state index in [-0.39, 0.29) is 5.11 Å². The van der Waals surface area contributed by atoms with E-state index in [4.69, 9.17) is 28.2 Å². The Kier molecular flexibility index (Phi) is 5.24. The lowest BCUT2D eigenvalue weighted by atomic mass is 10.2. The topological polar surface area (TPSA) is 67.2 Å². The number of halogens is 2. The van der Waals surface area contributed by atoms with Gasteiger partial charge in [0, 0.05) is 21.8 Å². The second-order valence-corrected chi connectivity index (χ2v) is 6.97. The number of carbonyl (C=O) groups excluding carboxylic acids is 1. The molecule has 1 aromatic heterocycles. The molecule has 0 fully saturated rings. The van der Waals surface area contributed by atoms with Gasteiger partial charge in [0.15, 0.2) is 10.7 Å². The lowest BCUT2D eigenvalue weighted by molar-refractivity contribution is 0.0977. The second-order valence-electron chi connectivity index (χ2n) is 6.13. The van der Waals surface area contributed by atoms with Crippen molar-refractivity contribution in [3.8, 4) is 11.5 Å². The first-order valence-electron chi connectivity index (χ1n) is 8.52. The molecular formula is C21H13ClFN3O2S. The molecule has 4 aromatic rings. The highest BCUT2D eigenvalue weighted by molar-refractivity contribution is 7.80. The fourth-order valence-electron chi connectivity index (χ4n) is 2.69. The van der Waals surface area contributed by atoms with Gasteiger partial charge >= 0.3 is 0 Å². The maximum Gasteiger partial charge on any atom is 0.257 e. The van der Waals surface area contributed by atoms with Gasteiger partial charge in [0.25, 0.3) is 5.91 Å². The van der Waals surface area contributed by atoms with Crippen molar-refractivity contribution in [1.29, 1.82) is 0 Å². The number of hydrogen-bond acceptors (Lipinski definition) is 4. The van der Waals surface area contributed by atoms with Gasteiger partial charge in [0.05, 0.1) is 0 Å². The summed E-state index contributed by atoms with van der Waals surface area (Å²) in [5, 5.41) is 6.19. The normalized spacial score (nSPS) is 10.7. The zero-order valence-corrected chi connectivity index (χ0v) is 16.4. The summed E-state index contributed by atoms with van der Waals surface area (Å²) in [7, 11) is 0. The average molecular weight is 426 g/mol.